The number of sulfonamides is 1. The Morgan fingerprint density at radius 2 is 1.71 bits per heavy atom. The molecule has 0 N–H and O–H groups in total. The Morgan fingerprint density at radius 3 is 2.29 bits per heavy atom. The molecular weight excluding hydrogens is 418 g/mol. The monoisotopic (exact) mass is 447 g/mol. The van der Waals surface area contributed by atoms with Gasteiger partial charge in [0.2, 0.25) is 15.9 Å². The van der Waals surface area contributed by atoms with Crippen LogP contribution in [0.2, 0.25) is 0 Å². The summed E-state index contributed by atoms with van der Waals surface area (Å²) in [5.41, 5.74) is -0.264. The number of hydrogen-bond acceptors (Lipinski definition) is 5. The van der Waals surface area contributed by atoms with E-state index in [0.29, 0.717) is 12.0 Å². The van der Waals surface area contributed by atoms with E-state index in [0.717, 1.165) is 10.1 Å². The fourth-order valence-electron chi connectivity index (χ4n) is 5.10. The van der Waals surface area contributed by atoms with E-state index >= 15 is 0 Å². The Hall–Kier alpha value is -2.39. The highest BCUT2D eigenvalue weighted by molar-refractivity contribution is 7.89. The normalized spacial score (nSPS) is 25.0. The fourth-order valence-corrected chi connectivity index (χ4v) is 6.84. The number of nitrogens with zero attached hydrogens (tertiary/aromatic N) is 3. The number of aryl methyl sites for hydroxylation is 1. The van der Waals surface area contributed by atoms with Gasteiger partial charge in [-0.3, -0.25) is 13.9 Å². The third-order valence-corrected chi connectivity index (χ3v) is 8.78. The highest BCUT2D eigenvalue weighted by Gasteiger charge is 2.57. The van der Waals surface area contributed by atoms with Crippen LogP contribution in [-0.4, -0.2) is 40.0 Å². The first kappa shape index (κ1) is 21.8. The summed E-state index contributed by atoms with van der Waals surface area (Å²) < 4.78 is 37.3. The second-order valence-corrected chi connectivity index (χ2v) is 11.0. The van der Waals surface area contributed by atoms with Gasteiger partial charge in [0.05, 0.1) is 10.5 Å². The molecule has 0 bridgehead atoms. The lowest BCUT2D eigenvalue weighted by Gasteiger charge is -2.42. The second-order valence-electron chi connectivity index (χ2n) is 9.13. The predicted octanol–water partition coefficient (Wildman–Crippen LogP) is 1.75. The highest BCUT2D eigenvalue weighted by atomic mass is 32.2. The van der Waals surface area contributed by atoms with Gasteiger partial charge in [-0.05, 0) is 39.3 Å². The summed E-state index contributed by atoms with van der Waals surface area (Å²) in [6.07, 6.45) is 0.535. The lowest BCUT2D eigenvalue weighted by Crippen LogP contribution is -2.51. The standard InChI is InChI=1S/C22H29N3O5S/c1-7-16-17-15(12-25(16)31(28,29)14-10-8-13(2)9-11-14)22(3,4)30-20-18(17)19(26)23(5)21(27)24(20)6/h8-11,15-17H,7,12H2,1-6H3/t15-,16+,17-/m1/s1. The molecule has 1 aromatic heterocycles. The minimum atomic E-state index is -3.77. The minimum absolute atomic E-state index is 0.227. The zero-order valence-electron chi connectivity index (χ0n) is 18.7. The molecule has 1 aromatic carbocycles. The average molecular weight is 448 g/mol. The summed E-state index contributed by atoms with van der Waals surface area (Å²) in [5.74, 6) is -0.350. The Kier molecular flexibility index (Phi) is 4.97. The van der Waals surface area contributed by atoms with Gasteiger partial charge in [-0.1, -0.05) is 24.6 Å². The molecule has 168 valence electrons. The highest BCUT2D eigenvalue weighted by Crippen LogP contribution is 2.51. The molecule has 1 fully saturated rings. The van der Waals surface area contributed by atoms with Crippen molar-refractivity contribution in [2.75, 3.05) is 6.54 Å². The molecule has 8 nitrogen and oxygen atoms in total. The van der Waals surface area contributed by atoms with E-state index in [1.54, 1.807) is 31.3 Å². The number of fused-ring (bicyclic) bond motifs is 3. The first-order chi connectivity index (χ1) is 14.4. The molecular formula is C22H29N3O5S. The zero-order valence-corrected chi connectivity index (χ0v) is 19.6. The summed E-state index contributed by atoms with van der Waals surface area (Å²) in [4.78, 5) is 25.9. The Balaban J connectivity index is 1.92. The van der Waals surface area contributed by atoms with Crippen molar-refractivity contribution in [2.45, 2.75) is 56.6 Å². The molecule has 0 radical (unpaired) electrons. The van der Waals surface area contributed by atoms with E-state index in [4.69, 9.17) is 4.74 Å². The van der Waals surface area contributed by atoms with Gasteiger partial charge < -0.3 is 4.74 Å². The van der Waals surface area contributed by atoms with Crippen molar-refractivity contribution in [1.29, 1.82) is 0 Å². The minimum Gasteiger partial charge on any atom is -0.472 e. The van der Waals surface area contributed by atoms with Crippen molar-refractivity contribution in [3.05, 3.63) is 56.2 Å². The SMILES string of the molecule is CC[C@H]1[C@@H]2c3c(n(C)c(=O)n(C)c3=O)OC(C)(C)[C@@H]2CN1S(=O)(=O)c1ccc(C)cc1. The Labute approximate surface area is 182 Å². The number of rotatable bonds is 3. The number of hydrogen-bond donors (Lipinski definition) is 0. The van der Waals surface area contributed by atoms with Crippen LogP contribution < -0.4 is 16.0 Å². The molecule has 0 unspecified atom stereocenters. The quantitative estimate of drug-likeness (QED) is 0.715. The van der Waals surface area contributed by atoms with Crippen molar-refractivity contribution < 1.29 is 13.2 Å². The van der Waals surface area contributed by atoms with E-state index in [1.807, 2.05) is 27.7 Å². The molecule has 2 aliphatic heterocycles. The van der Waals surface area contributed by atoms with Crippen molar-refractivity contribution in [2.24, 2.45) is 20.0 Å². The molecule has 31 heavy (non-hydrogen) atoms. The summed E-state index contributed by atoms with van der Waals surface area (Å²) in [6, 6.07) is 6.40. The van der Waals surface area contributed by atoms with Gasteiger partial charge in [0.15, 0.2) is 0 Å². The molecule has 2 aliphatic rings. The van der Waals surface area contributed by atoms with Crippen LogP contribution in [-0.2, 0) is 24.1 Å². The van der Waals surface area contributed by atoms with E-state index in [1.165, 1.54) is 15.9 Å². The van der Waals surface area contributed by atoms with Gasteiger partial charge >= 0.3 is 5.69 Å². The molecule has 0 saturated carbocycles. The fraction of sp³-hybridized carbons (Fsp3) is 0.545. The maximum Gasteiger partial charge on any atom is 0.333 e. The van der Waals surface area contributed by atoms with E-state index < -0.39 is 32.9 Å². The van der Waals surface area contributed by atoms with E-state index in [9.17, 15) is 18.0 Å². The Bertz CT molecular complexity index is 1260. The van der Waals surface area contributed by atoms with Gasteiger partial charge in [0.1, 0.15) is 5.60 Å². The van der Waals surface area contributed by atoms with Crippen molar-refractivity contribution in [3.8, 4) is 5.88 Å². The molecule has 1 saturated heterocycles. The Morgan fingerprint density at radius 1 is 1.10 bits per heavy atom. The van der Waals surface area contributed by atoms with Crippen LogP contribution in [0.25, 0.3) is 0 Å². The lowest BCUT2D eigenvalue weighted by molar-refractivity contribution is 0.0126. The molecule has 4 rings (SSSR count). The van der Waals surface area contributed by atoms with Crippen LogP contribution in [0.15, 0.2) is 38.8 Å². The van der Waals surface area contributed by atoms with Crippen molar-refractivity contribution >= 4 is 10.0 Å². The third kappa shape index (κ3) is 3.09. The van der Waals surface area contributed by atoms with E-state index in [-0.39, 0.29) is 29.2 Å². The summed E-state index contributed by atoms with van der Waals surface area (Å²) in [7, 11) is -0.751. The first-order valence-electron chi connectivity index (χ1n) is 10.5. The van der Waals surface area contributed by atoms with Crippen LogP contribution in [0.5, 0.6) is 5.88 Å². The molecule has 0 spiro atoms. The molecule has 0 amide bonds. The van der Waals surface area contributed by atoms with E-state index in [2.05, 4.69) is 0 Å². The predicted molar refractivity (Wildman–Crippen MR) is 117 cm³/mol. The lowest BCUT2D eigenvalue weighted by atomic mass is 9.74. The average Bonchev–Trinajstić information content (AvgIpc) is 3.12. The largest absolute Gasteiger partial charge is 0.472 e. The van der Waals surface area contributed by atoms with Gasteiger partial charge in [0.25, 0.3) is 5.56 Å². The molecule has 3 atom stereocenters. The van der Waals surface area contributed by atoms with Gasteiger partial charge in [-0.15, -0.1) is 0 Å². The van der Waals surface area contributed by atoms with Gasteiger partial charge in [-0.25, -0.2) is 13.2 Å². The van der Waals surface area contributed by atoms with Crippen molar-refractivity contribution in [1.82, 2.24) is 13.4 Å². The number of benzene rings is 1. The first-order valence-corrected chi connectivity index (χ1v) is 11.9. The number of aromatic nitrogens is 2. The maximum absolute atomic E-state index is 13.6. The zero-order chi connectivity index (χ0) is 22.9. The maximum atomic E-state index is 13.6. The summed E-state index contributed by atoms with van der Waals surface area (Å²) in [5, 5.41) is 0. The van der Waals surface area contributed by atoms with Gasteiger partial charge in [0, 0.05) is 38.5 Å². The molecule has 2 aromatic rings. The summed E-state index contributed by atoms with van der Waals surface area (Å²) >= 11 is 0. The van der Waals surface area contributed by atoms with Crippen LogP contribution in [0, 0.1) is 12.8 Å². The van der Waals surface area contributed by atoms with Crippen LogP contribution in [0.4, 0.5) is 0 Å². The van der Waals surface area contributed by atoms with Crippen LogP contribution in [0.1, 0.15) is 44.2 Å². The molecule has 3 heterocycles. The van der Waals surface area contributed by atoms with Gasteiger partial charge in [-0.2, -0.15) is 4.31 Å². The smallest absolute Gasteiger partial charge is 0.333 e. The molecule has 0 aliphatic carbocycles. The second kappa shape index (κ2) is 7.06. The van der Waals surface area contributed by atoms with Crippen LogP contribution in [0.3, 0.4) is 0 Å². The topological polar surface area (TPSA) is 90.6 Å². The molecule has 9 heteroatoms. The third-order valence-electron chi connectivity index (χ3n) is 6.87. The van der Waals surface area contributed by atoms with Crippen LogP contribution >= 0.6 is 0 Å². The van der Waals surface area contributed by atoms with Crippen molar-refractivity contribution in [3.63, 3.8) is 0 Å². The summed E-state index contributed by atoms with van der Waals surface area (Å²) in [6.45, 7) is 7.87. The number of ether oxygens (including phenoxy) is 1.